The summed E-state index contributed by atoms with van der Waals surface area (Å²) in [5.74, 6) is -2.81. The van der Waals surface area contributed by atoms with E-state index in [9.17, 15) is 27.7 Å². The van der Waals surface area contributed by atoms with E-state index in [4.69, 9.17) is 47.2 Å². The molecule has 12 nitrogen and oxygen atoms in total. The lowest BCUT2D eigenvalue weighted by molar-refractivity contribution is -0.167. The van der Waals surface area contributed by atoms with Crippen molar-refractivity contribution in [2.75, 3.05) is 19.8 Å². The van der Waals surface area contributed by atoms with Gasteiger partial charge in [-0.3, -0.25) is 18.9 Å². The molecule has 1 atom stereocenters. The van der Waals surface area contributed by atoms with E-state index < -0.39 is 67.6 Å². The Hall–Kier alpha value is -3.00. The zero-order chi connectivity index (χ0) is 33.5. The van der Waals surface area contributed by atoms with E-state index in [1.54, 1.807) is 0 Å². The second-order valence-corrected chi connectivity index (χ2v) is 13.3. The molecule has 3 saturated carbocycles. The third kappa shape index (κ3) is 10.00. The highest BCUT2D eigenvalue weighted by Gasteiger charge is 2.57. The maximum absolute atomic E-state index is 13.8. The van der Waals surface area contributed by atoms with E-state index in [2.05, 4.69) is 15.2 Å². The molecule has 252 valence electrons. The number of phosphoric acid groups is 1. The van der Waals surface area contributed by atoms with E-state index in [-0.39, 0.29) is 53.8 Å². The molecule has 2 bridgehead atoms. The largest absolute Gasteiger partial charge is 0.484 e. The number of fused-ring (bicyclic) bond motifs is 3. The standard InChI is InChI=1S/C29H33Cl2F2N2O10P/c30-20-6-4-18(13-22(20)32)42-16-25(36)34-28-8-10-29(11-9-28,35-26(37)17-43-19-5-7-21(31)23(33)14-19)24(15-28)45-27(38)3-1-2-12-44-46(39,40)41/h4-7,13-14,24H,1-3,8-12,15-17H2,(H,34,36)(H,35,37)(H2,39,40,41)/t24-,28?,29?/m0/s1. The van der Waals surface area contributed by atoms with E-state index in [1.807, 2.05) is 0 Å². The Balaban J connectivity index is 1.39. The number of hydrogen-bond acceptors (Lipinski definition) is 8. The van der Waals surface area contributed by atoms with Crippen LogP contribution in [0.4, 0.5) is 8.78 Å². The number of carbonyl (C=O) groups excluding carboxylic acids is 3. The monoisotopic (exact) mass is 708 g/mol. The number of halogens is 4. The van der Waals surface area contributed by atoms with Crippen LogP contribution in [0.2, 0.25) is 10.0 Å². The van der Waals surface area contributed by atoms with Crippen molar-refractivity contribution in [2.24, 2.45) is 0 Å². The lowest BCUT2D eigenvalue weighted by Gasteiger charge is -2.57. The molecule has 4 N–H and O–H groups in total. The van der Waals surface area contributed by atoms with Crippen LogP contribution in [0.15, 0.2) is 36.4 Å². The number of esters is 1. The van der Waals surface area contributed by atoms with E-state index in [0.29, 0.717) is 25.7 Å². The smallest absolute Gasteiger partial charge is 0.469 e. The topological polar surface area (TPSA) is 170 Å². The van der Waals surface area contributed by atoms with Crippen molar-refractivity contribution in [3.05, 3.63) is 58.1 Å². The summed E-state index contributed by atoms with van der Waals surface area (Å²) in [6.07, 6.45) is 1.20. The highest BCUT2D eigenvalue weighted by atomic mass is 35.5. The number of carbonyl (C=O) groups is 3. The second-order valence-electron chi connectivity index (χ2n) is 11.2. The number of unbranched alkanes of at least 4 members (excludes halogenated alkanes) is 1. The molecule has 0 aromatic heterocycles. The highest BCUT2D eigenvalue weighted by Crippen LogP contribution is 2.48. The first-order valence-electron chi connectivity index (χ1n) is 14.3. The number of rotatable bonds is 15. The van der Waals surface area contributed by atoms with Crippen LogP contribution in [0, 0.1) is 11.6 Å². The summed E-state index contributed by atoms with van der Waals surface area (Å²) in [4.78, 5) is 56.3. The fourth-order valence-electron chi connectivity index (χ4n) is 5.64. The summed E-state index contributed by atoms with van der Waals surface area (Å²) in [5, 5.41) is 5.73. The van der Waals surface area contributed by atoms with Crippen LogP contribution in [-0.4, -0.2) is 64.6 Å². The third-order valence-corrected chi connectivity index (χ3v) is 9.05. The van der Waals surface area contributed by atoms with E-state index in [1.165, 1.54) is 24.3 Å². The number of amides is 2. The van der Waals surface area contributed by atoms with Gasteiger partial charge in [0.15, 0.2) is 13.2 Å². The molecule has 5 rings (SSSR count). The van der Waals surface area contributed by atoms with Crippen LogP contribution >= 0.6 is 31.0 Å². The van der Waals surface area contributed by atoms with Crippen molar-refractivity contribution in [2.45, 2.75) is 68.5 Å². The number of ether oxygens (including phenoxy) is 3. The van der Waals surface area contributed by atoms with Crippen molar-refractivity contribution in [3.63, 3.8) is 0 Å². The fourth-order valence-corrected chi connectivity index (χ4v) is 6.24. The van der Waals surface area contributed by atoms with Gasteiger partial charge in [-0.2, -0.15) is 0 Å². The fraction of sp³-hybridized carbons (Fsp3) is 0.483. The summed E-state index contributed by atoms with van der Waals surface area (Å²) >= 11 is 11.4. The van der Waals surface area contributed by atoms with Gasteiger partial charge in [0.2, 0.25) is 0 Å². The van der Waals surface area contributed by atoms with Crippen LogP contribution in [-0.2, 0) is 28.2 Å². The Morgan fingerprint density at radius 2 is 1.41 bits per heavy atom. The Bertz CT molecular complexity index is 1490. The zero-order valence-corrected chi connectivity index (χ0v) is 26.8. The Labute approximate surface area is 273 Å². The summed E-state index contributed by atoms with van der Waals surface area (Å²) in [6.45, 7) is -1.11. The summed E-state index contributed by atoms with van der Waals surface area (Å²) in [7, 11) is -4.62. The lowest BCUT2D eigenvalue weighted by Crippen LogP contribution is -2.71. The summed E-state index contributed by atoms with van der Waals surface area (Å²) in [6, 6.07) is 7.56. The van der Waals surface area contributed by atoms with Crippen LogP contribution in [0.3, 0.4) is 0 Å². The molecular weight excluding hydrogens is 676 g/mol. The molecule has 0 saturated heterocycles. The van der Waals surface area contributed by atoms with Gasteiger partial charge in [0.1, 0.15) is 29.2 Å². The normalized spacial score (nSPS) is 22.2. The number of hydrogen-bond donors (Lipinski definition) is 4. The molecule has 3 fully saturated rings. The predicted molar refractivity (Wildman–Crippen MR) is 160 cm³/mol. The molecule has 0 heterocycles. The van der Waals surface area contributed by atoms with E-state index in [0.717, 1.165) is 12.1 Å². The lowest BCUT2D eigenvalue weighted by atomic mass is 9.59. The van der Waals surface area contributed by atoms with Gasteiger partial charge < -0.3 is 34.6 Å². The molecule has 3 aliphatic carbocycles. The van der Waals surface area contributed by atoms with Gasteiger partial charge in [-0.05, 0) is 62.8 Å². The van der Waals surface area contributed by atoms with E-state index >= 15 is 0 Å². The van der Waals surface area contributed by atoms with Gasteiger partial charge in [-0.1, -0.05) is 23.2 Å². The molecule has 0 aliphatic heterocycles. The van der Waals surface area contributed by atoms with Crippen LogP contribution in [0.25, 0.3) is 0 Å². The molecule has 2 aromatic carbocycles. The maximum Gasteiger partial charge on any atom is 0.469 e. The first kappa shape index (κ1) is 35.8. The average molecular weight is 709 g/mol. The number of phosphoric ester groups is 1. The Morgan fingerprint density at radius 3 is 1.93 bits per heavy atom. The molecule has 3 aliphatic rings. The molecule has 46 heavy (non-hydrogen) atoms. The molecule has 2 amide bonds. The summed E-state index contributed by atoms with van der Waals surface area (Å²) in [5.41, 5.74) is -1.76. The van der Waals surface area contributed by atoms with Crippen LogP contribution in [0.5, 0.6) is 11.5 Å². The minimum absolute atomic E-state index is 0.0822. The third-order valence-electron chi connectivity index (χ3n) is 7.92. The molecule has 0 unspecified atom stereocenters. The molecule has 2 aromatic rings. The van der Waals surface area contributed by atoms with Crippen LogP contribution in [0.1, 0.15) is 51.4 Å². The van der Waals surface area contributed by atoms with Gasteiger partial charge in [-0.15, -0.1) is 0 Å². The summed E-state index contributed by atoms with van der Waals surface area (Å²) < 4.78 is 59.5. The van der Waals surface area contributed by atoms with Gasteiger partial charge in [0, 0.05) is 30.5 Å². The van der Waals surface area contributed by atoms with Crippen molar-refractivity contribution in [1.82, 2.24) is 10.6 Å². The Kier molecular flexibility index (Phi) is 11.9. The highest BCUT2D eigenvalue weighted by molar-refractivity contribution is 7.46. The SMILES string of the molecule is O=C(COc1ccc(Cl)c(F)c1)NC12CCC(NC(=O)COc3ccc(Cl)c(F)c3)(CC1)[C@@H](OC(=O)CCCCOP(=O)(O)O)C2. The van der Waals surface area contributed by atoms with Crippen LogP contribution < -0.4 is 20.1 Å². The van der Waals surface area contributed by atoms with Gasteiger partial charge in [0.25, 0.3) is 11.8 Å². The van der Waals surface area contributed by atoms with Crippen molar-refractivity contribution < 1.29 is 56.3 Å². The van der Waals surface area contributed by atoms with Crippen molar-refractivity contribution in [1.29, 1.82) is 0 Å². The molecular formula is C29H33Cl2F2N2O10P. The maximum atomic E-state index is 13.8. The predicted octanol–water partition coefficient (Wildman–Crippen LogP) is 4.61. The molecule has 17 heteroatoms. The molecule has 0 radical (unpaired) electrons. The van der Waals surface area contributed by atoms with Crippen molar-refractivity contribution >= 4 is 48.8 Å². The van der Waals surface area contributed by atoms with Crippen molar-refractivity contribution in [3.8, 4) is 11.5 Å². The van der Waals surface area contributed by atoms with Gasteiger partial charge in [-0.25, -0.2) is 13.3 Å². The first-order chi connectivity index (χ1) is 21.7. The first-order valence-corrected chi connectivity index (χ1v) is 16.6. The quantitative estimate of drug-likeness (QED) is 0.116. The Morgan fingerprint density at radius 1 is 0.870 bits per heavy atom. The number of benzene rings is 2. The minimum Gasteiger partial charge on any atom is -0.484 e. The zero-order valence-electron chi connectivity index (χ0n) is 24.4. The second kappa shape index (κ2) is 15.3. The number of nitrogens with one attached hydrogen (secondary N) is 2. The van der Waals surface area contributed by atoms with Gasteiger partial charge >= 0.3 is 13.8 Å². The minimum atomic E-state index is -4.62. The molecule has 0 spiro atoms. The van der Waals surface area contributed by atoms with Gasteiger partial charge in [0.05, 0.1) is 22.2 Å². The average Bonchev–Trinajstić information content (AvgIpc) is 2.98.